The third-order valence-electron chi connectivity index (χ3n) is 11.2. The molecule has 4 aliphatic carbocycles. The zero-order chi connectivity index (χ0) is 36.5. The maximum Gasteiger partial charge on any atom is 0.228 e. The Morgan fingerprint density at radius 3 is 0.962 bits per heavy atom. The summed E-state index contributed by atoms with van der Waals surface area (Å²) >= 11 is 11.9. The summed E-state index contributed by atoms with van der Waals surface area (Å²) in [7, 11) is 0. The molecule has 0 spiro atoms. The summed E-state index contributed by atoms with van der Waals surface area (Å²) in [6.45, 7) is 0. The Labute approximate surface area is 312 Å². The van der Waals surface area contributed by atoms with Crippen molar-refractivity contribution in [3.63, 3.8) is 0 Å². The summed E-state index contributed by atoms with van der Waals surface area (Å²) in [5.74, 6) is -1.27. The molecule has 0 radical (unpaired) electrons. The first kappa shape index (κ1) is 35.6. The third kappa shape index (κ3) is 6.90. The highest BCUT2D eigenvalue weighted by molar-refractivity contribution is 6.31. The molecule has 8 heteroatoms. The van der Waals surface area contributed by atoms with Crippen LogP contribution in [-0.2, 0) is 0 Å². The third-order valence-corrected chi connectivity index (χ3v) is 11.7. The second kappa shape index (κ2) is 15.1. The van der Waals surface area contributed by atoms with Crippen LogP contribution in [-0.4, -0.2) is 33.3 Å². The lowest BCUT2D eigenvalue weighted by Gasteiger charge is -2.31. The standard InChI is InChI=1S/2C22H19ClO3/c2*23-16-11-9-14(10-12-16)13-5-7-15(8-6-13)19-20(24)17-3-1-2-4-18(17)21(25)22(19)26/h2*1-4,9-13,15,26H,5-8H2/t13-,15-;. The van der Waals surface area contributed by atoms with Crippen molar-refractivity contribution in [2.45, 2.75) is 63.2 Å². The minimum atomic E-state index is -0.435. The predicted molar refractivity (Wildman–Crippen MR) is 202 cm³/mol. The van der Waals surface area contributed by atoms with Gasteiger partial charge in [0.05, 0.1) is 0 Å². The van der Waals surface area contributed by atoms with Gasteiger partial charge in [0.1, 0.15) is 0 Å². The lowest BCUT2D eigenvalue weighted by Crippen LogP contribution is -2.28. The highest BCUT2D eigenvalue weighted by Crippen LogP contribution is 2.43. The first-order valence-corrected chi connectivity index (χ1v) is 18.6. The van der Waals surface area contributed by atoms with Crippen molar-refractivity contribution >= 4 is 46.3 Å². The van der Waals surface area contributed by atoms with Gasteiger partial charge >= 0.3 is 0 Å². The Hall–Kier alpha value is -4.78. The fourth-order valence-electron chi connectivity index (χ4n) is 8.42. The minimum absolute atomic E-state index is 0.0663. The molecule has 6 nitrogen and oxygen atoms in total. The molecule has 0 bridgehead atoms. The molecule has 4 aromatic carbocycles. The molecule has 0 atom stereocenters. The summed E-state index contributed by atoms with van der Waals surface area (Å²) in [5.41, 5.74) is 4.54. The number of hydrogen-bond donors (Lipinski definition) is 2. The van der Waals surface area contributed by atoms with Gasteiger partial charge in [-0.1, -0.05) is 96.0 Å². The van der Waals surface area contributed by atoms with E-state index in [-0.39, 0.29) is 34.9 Å². The molecular weight excluding hydrogens is 695 g/mol. The summed E-state index contributed by atoms with van der Waals surface area (Å²) in [4.78, 5) is 50.7. The number of ketones is 4. The lowest BCUT2D eigenvalue weighted by atomic mass is 9.72. The van der Waals surface area contributed by atoms with E-state index in [2.05, 4.69) is 24.3 Å². The molecule has 264 valence electrons. The topological polar surface area (TPSA) is 109 Å². The highest BCUT2D eigenvalue weighted by atomic mass is 35.5. The minimum Gasteiger partial charge on any atom is -0.504 e. The normalized spacial score (nSPS) is 23.1. The van der Waals surface area contributed by atoms with Gasteiger partial charge in [-0.2, -0.15) is 0 Å². The molecule has 8 rings (SSSR count). The average molecular weight is 734 g/mol. The van der Waals surface area contributed by atoms with Crippen molar-refractivity contribution < 1.29 is 29.4 Å². The molecule has 2 saturated carbocycles. The van der Waals surface area contributed by atoms with Crippen molar-refractivity contribution in [3.05, 3.63) is 163 Å². The average Bonchev–Trinajstić information content (AvgIpc) is 3.18. The van der Waals surface area contributed by atoms with Crippen LogP contribution < -0.4 is 0 Å². The van der Waals surface area contributed by atoms with E-state index in [0.29, 0.717) is 45.2 Å². The number of allylic oxidation sites excluding steroid dienone is 4. The number of Topliss-reactive ketones (excluding diaryl/α,β-unsaturated/α-hetero) is 4. The van der Waals surface area contributed by atoms with E-state index >= 15 is 0 Å². The number of carbonyl (C=O) groups is 4. The maximum absolute atomic E-state index is 12.9. The van der Waals surface area contributed by atoms with Crippen LogP contribution in [0.5, 0.6) is 0 Å². The summed E-state index contributed by atoms with van der Waals surface area (Å²) in [6.07, 6.45) is 6.83. The van der Waals surface area contributed by atoms with Crippen LogP contribution in [0.1, 0.15) is 116 Å². The van der Waals surface area contributed by atoms with Crippen molar-refractivity contribution in [2.75, 3.05) is 0 Å². The largest absolute Gasteiger partial charge is 0.504 e. The van der Waals surface area contributed by atoms with E-state index in [9.17, 15) is 29.4 Å². The second-order valence-electron chi connectivity index (χ2n) is 14.1. The van der Waals surface area contributed by atoms with Crippen LogP contribution in [0.4, 0.5) is 0 Å². The Morgan fingerprint density at radius 1 is 0.385 bits per heavy atom. The van der Waals surface area contributed by atoms with Gasteiger partial charge in [0.2, 0.25) is 11.6 Å². The van der Waals surface area contributed by atoms with Crippen LogP contribution in [0.25, 0.3) is 0 Å². The van der Waals surface area contributed by atoms with Gasteiger partial charge in [-0.3, -0.25) is 19.2 Å². The molecule has 0 aliphatic heterocycles. The summed E-state index contributed by atoms with van der Waals surface area (Å²) in [6, 6.07) is 29.3. The van der Waals surface area contributed by atoms with E-state index in [1.54, 1.807) is 48.5 Å². The molecule has 0 saturated heterocycles. The molecule has 0 unspecified atom stereocenters. The molecular formula is C44H38Cl2O6. The van der Waals surface area contributed by atoms with Gasteiger partial charge in [0.15, 0.2) is 23.1 Å². The van der Waals surface area contributed by atoms with E-state index < -0.39 is 11.6 Å². The number of hydrogen-bond acceptors (Lipinski definition) is 6. The molecule has 2 N–H and O–H groups in total. The molecule has 2 fully saturated rings. The number of aliphatic hydroxyl groups excluding tert-OH is 2. The lowest BCUT2D eigenvalue weighted by molar-refractivity contribution is 0.0914. The quantitative estimate of drug-likeness (QED) is 0.216. The fraction of sp³-hybridized carbons (Fsp3) is 0.273. The Morgan fingerprint density at radius 2 is 0.654 bits per heavy atom. The van der Waals surface area contributed by atoms with Crippen LogP contribution in [0, 0.1) is 11.8 Å². The van der Waals surface area contributed by atoms with Crippen molar-refractivity contribution in [1.82, 2.24) is 0 Å². The fourth-order valence-corrected chi connectivity index (χ4v) is 8.67. The van der Waals surface area contributed by atoms with Crippen molar-refractivity contribution in [2.24, 2.45) is 11.8 Å². The van der Waals surface area contributed by atoms with Gasteiger partial charge in [-0.25, -0.2) is 0 Å². The number of benzene rings is 4. The smallest absolute Gasteiger partial charge is 0.228 e. The SMILES string of the molecule is O=C1C(O)=C(C2CCC(c3ccc(Cl)cc3)CC2)C(=O)c2ccccc21.O=C1C(O)=C([C@H]2CC[C@H](c3ccc(Cl)cc3)CC2)C(=O)c2ccccc21. The number of rotatable bonds is 4. The summed E-state index contributed by atoms with van der Waals surface area (Å²) in [5, 5.41) is 22.3. The molecule has 52 heavy (non-hydrogen) atoms. The zero-order valence-corrected chi connectivity index (χ0v) is 30.0. The van der Waals surface area contributed by atoms with Gasteiger partial charge in [0, 0.05) is 43.4 Å². The van der Waals surface area contributed by atoms with Crippen LogP contribution in [0.3, 0.4) is 0 Å². The van der Waals surface area contributed by atoms with Gasteiger partial charge in [-0.15, -0.1) is 0 Å². The molecule has 4 aromatic rings. The zero-order valence-electron chi connectivity index (χ0n) is 28.5. The number of fused-ring (bicyclic) bond motifs is 2. The van der Waals surface area contributed by atoms with Crippen LogP contribution in [0.2, 0.25) is 10.0 Å². The molecule has 4 aliphatic rings. The van der Waals surface area contributed by atoms with Crippen LogP contribution in [0.15, 0.2) is 120 Å². The van der Waals surface area contributed by atoms with E-state index in [1.165, 1.54) is 11.1 Å². The first-order chi connectivity index (χ1) is 25.1. The number of halogens is 2. The highest BCUT2D eigenvalue weighted by Gasteiger charge is 2.39. The second-order valence-corrected chi connectivity index (χ2v) is 15.0. The Bertz CT molecular complexity index is 1960. The van der Waals surface area contributed by atoms with E-state index in [0.717, 1.165) is 61.4 Å². The number of aliphatic hydroxyl groups is 2. The Balaban J connectivity index is 0.000000162. The predicted octanol–water partition coefficient (Wildman–Crippen LogP) is 11.0. The summed E-state index contributed by atoms with van der Waals surface area (Å²) < 4.78 is 0. The van der Waals surface area contributed by atoms with Crippen LogP contribution >= 0.6 is 23.2 Å². The first-order valence-electron chi connectivity index (χ1n) is 17.9. The van der Waals surface area contributed by atoms with Gasteiger partial charge in [-0.05, 0) is 110 Å². The van der Waals surface area contributed by atoms with Crippen molar-refractivity contribution in [1.29, 1.82) is 0 Å². The molecule has 0 aromatic heterocycles. The van der Waals surface area contributed by atoms with E-state index in [1.807, 2.05) is 24.3 Å². The molecule has 0 amide bonds. The van der Waals surface area contributed by atoms with Crippen molar-refractivity contribution in [3.8, 4) is 0 Å². The maximum atomic E-state index is 12.9. The molecule has 0 heterocycles. The monoisotopic (exact) mass is 732 g/mol. The van der Waals surface area contributed by atoms with Gasteiger partial charge < -0.3 is 10.2 Å². The Kier molecular flexibility index (Phi) is 10.3. The van der Waals surface area contributed by atoms with E-state index in [4.69, 9.17) is 23.2 Å². The number of carbonyl (C=O) groups excluding carboxylic acids is 4. The van der Waals surface area contributed by atoms with Gasteiger partial charge in [0.25, 0.3) is 0 Å².